The van der Waals surface area contributed by atoms with Crippen LogP contribution in [0.15, 0.2) is 72.9 Å². The Labute approximate surface area is 210 Å². The second-order valence-corrected chi connectivity index (χ2v) is 10.5. The lowest BCUT2D eigenvalue weighted by Gasteiger charge is -2.54. The van der Waals surface area contributed by atoms with Gasteiger partial charge in [-0.05, 0) is 63.3 Å². The molecule has 4 aromatic rings. The zero-order valence-corrected chi connectivity index (χ0v) is 20.9. The van der Waals surface area contributed by atoms with E-state index in [1.54, 1.807) is 11.1 Å². The van der Waals surface area contributed by atoms with Crippen LogP contribution in [0, 0.1) is 0 Å². The Bertz CT molecular complexity index is 1390. The average Bonchev–Trinajstić information content (AvgIpc) is 2.80. The molecule has 2 aromatic heterocycles. The van der Waals surface area contributed by atoms with Gasteiger partial charge in [0.25, 0.3) is 0 Å². The minimum atomic E-state index is -0.880. The van der Waals surface area contributed by atoms with Crippen molar-refractivity contribution in [1.29, 1.82) is 0 Å². The third-order valence-corrected chi connectivity index (χ3v) is 7.25. The predicted octanol–water partition coefficient (Wildman–Crippen LogP) is 7.77. The lowest BCUT2D eigenvalue weighted by molar-refractivity contribution is -0.0328. The normalized spacial score (nSPS) is 15.0. The van der Waals surface area contributed by atoms with E-state index in [4.69, 9.17) is 16.6 Å². The van der Waals surface area contributed by atoms with Crippen molar-refractivity contribution in [2.45, 2.75) is 51.1 Å². The SMILES string of the molecule is CC(C)(C)N(C(=O)O)C1(c2ccc(-c3nc4ccnc(Cl)c4cc3-c3ccccc3)cc2)CCC1. The molecule has 0 unspecified atom stereocenters. The van der Waals surface area contributed by atoms with Gasteiger partial charge in [0, 0.05) is 28.2 Å². The largest absolute Gasteiger partial charge is 0.465 e. The van der Waals surface area contributed by atoms with Gasteiger partial charge in [0.05, 0.1) is 16.7 Å². The molecule has 1 aliphatic rings. The fourth-order valence-electron chi connectivity index (χ4n) is 5.32. The zero-order chi connectivity index (χ0) is 24.8. The number of amides is 1. The maximum absolute atomic E-state index is 12.3. The first-order valence-electron chi connectivity index (χ1n) is 11.9. The molecule has 5 rings (SSSR count). The van der Waals surface area contributed by atoms with Gasteiger partial charge in [-0.1, -0.05) is 66.2 Å². The molecule has 2 aromatic carbocycles. The van der Waals surface area contributed by atoms with Crippen LogP contribution in [0.25, 0.3) is 33.3 Å². The van der Waals surface area contributed by atoms with Gasteiger partial charge in [0.1, 0.15) is 5.15 Å². The van der Waals surface area contributed by atoms with E-state index in [2.05, 4.69) is 47.4 Å². The molecule has 178 valence electrons. The van der Waals surface area contributed by atoms with Gasteiger partial charge < -0.3 is 5.11 Å². The molecule has 0 aliphatic heterocycles. The Morgan fingerprint density at radius 2 is 1.69 bits per heavy atom. The molecule has 1 aliphatic carbocycles. The van der Waals surface area contributed by atoms with Crippen LogP contribution in [0.1, 0.15) is 45.6 Å². The Kier molecular flexibility index (Phi) is 5.76. The van der Waals surface area contributed by atoms with Gasteiger partial charge in [0.2, 0.25) is 0 Å². The first kappa shape index (κ1) is 23.3. The van der Waals surface area contributed by atoms with Crippen molar-refractivity contribution in [2.24, 2.45) is 0 Å². The molecule has 0 spiro atoms. The van der Waals surface area contributed by atoms with E-state index in [1.807, 2.05) is 45.0 Å². The summed E-state index contributed by atoms with van der Waals surface area (Å²) >= 11 is 6.40. The van der Waals surface area contributed by atoms with Crippen molar-refractivity contribution >= 4 is 28.6 Å². The van der Waals surface area contributed by atoms with E-state index < -0.39 is 17.2 Å². The molecule has 0 bridgehead atoms. The van der Waals surface area contributed by atoms with Gasteiger partial charge in [-0.2, -0.15) is 0 Å². The first-order chi connectivity index (χ1) is 16.7. The van der Waals surface area contributed by atoms with Crippen molar-refractivity contribution in [3.05, 3.63) is 83.6 Å². The predicted molar refractivity (Wildman–Crippen MR) is 141 cm³/mol. The summed E-state index contributed by atoms with van der Waals surface area (Å²) in [4.78, 5) is 23.1. The Balaban J connectivity index is 1.63. The van der Waals surface area contributed by atoms with Crippen molar-refractivity contribution in [1.82, 2.24) is 14.9 Å². The smallest absolute Gasteiger partial charge is 0.408 e. The van der Waals surface area contributed by atoms with Crippen molar-refractivity contribution in [3.63, 3.8) is 0 Å². The van der Waals surface area contributed by atoms with E-state index in [9.17, 15) is 9.90 Å². The fourth-order valence-corrected chi connectivity index (χ4v) is 5.53. The molecule has 1 saturated carbocycles. The van der Waals surface area contributed by atoms with Crippen LogP contribution in [-0.2, 0) is 5.54 Å². The fraction of sp³-hybridized carbons (Fsp3) is 0.276. The number of fused-ring (bicyclic) bond motifs is 1. The Hall–Kier alpha value is -3.44. The third-order valence-electron chi connectivity index (χ3n) is 6.95. The molecule has 2 heterocycles. The highest BCUT2D eigenvalue weighted by Gasteiger charge is 2.50. The Morgan fingerprint density at radius 1 is 1.00 bits per heavy atom. The summed E-state index contributed by atoms with van der Waals surface area (Å²) in [6.07, 6.45) is 3.45. The third kappa shape index (κ3) is 4.04. The van der Waals surface area contributed by atoms with Crippen LogP contribution in [0.3, 0.4) is 0 Å². The van der Waals surface area contributed by atoms with Crippen LogP contribution >= 0.6 is 11.6 Å². The quantitative estimate of drug-likeness (QED) is 0.300. The summed E-state index contributed by atoms with van der Waals surface area (Å²) < 4.78 is 0. The molecule has 1 N–H and O–H groups in total. The average molecular weight is 486 g/mol. The number of hydrogen-bond donors (Lipinski definition) is 1. The molecule has 6 heteroatoms. The van der Waals surface area contributed by atoms with Crippen LogP contribution in [-0.4, -0.2) is 31.6 Å². The van der Waals surface area contributed by atoms with E-state index in [-0.39, 0.29) is 0 Å². The van der Waals surface area contributed by atoms with Crippen LogP contribution in [0.2, 0.25) is 5.15 Å². The minimum absolute atomic E-state index is 0.428. The highest BCUT2D eigenvalue weighted by Crippen LogP contribution is 2.49. The molecule has 1 fully saturated rings. The van der Waals surface area contributed by atoms with Gasteiger partial charge in [-0.15, -0.1) is 0 Å². The van der Waals surface area contributed by atoms with Crippen molar-refractivity contribution in [2.75, 3.05) is 0 Å². The van der Waals surface area contributed by atoms with Crippen molar-refractivity contribution in [3.8, 4) is 22.4 Å². The summed E-state index contributed by atoms with van der Waals surface area (Å²) in [7, 11) is 0. The van der Waals surface area contributed by atoms with Gasteiger partial charge in [0.15, 0.2) is 0 Å². The monoisotopic (exact) mass is 485 g/mol. The maximum atomic E-state index is 12.3. The molecule has 35 heavy (non-hydrogen) atoms. The Morgan fingerprint density at radius 3 is 2.26 bits per heavy atom. The first-order valence-corrected chi connectivity index (χ1v) is 12.2. The molecular formula is C29H28ClN3O2. The van der Waals surface area contributed by atoms with Crippen LogP contribution < -0.4 is 0 Å². The second-order valence-electron chi connectivity index (χ2n) is 10.2. The number of aromatic nitrogens is 2. The van der Waals surface area contributed by atoms with E-state index in [0.717, 1.165) is 58.1 Å². The molecule has 0 radical (unpaired) electrons. The van der Waals surface area contributed by atoms with Gasteiger partial charge >= 0.3 is 6.09 Å². The lowest BCUT2D eigenvalue weighted by Crippen LogP contribution is -2.60. The summed E-state index contributed by atoms with van der Waals surface area (Å²) in [6, 6.07) is 22.3. The molecule has 0 atom stereocenters. The topological polar surface area (TPSA) is 66.3 Å². The van der Waals surface area contributed by atoms with Gasteiger partial charge in [-0.3, -0.25) is 4.90 Å². The molecular weight excluding hydrogens is 458 g/mol. The number of carboxylic acid groups (broad SMARTS) is 1. The number of pyridine rings is 2. The minimum Gasteiger partial charge on any atom is -0.465 e. The number of rotatable bonds is 4. The van der Waals surface area contributed by atoms with Crippen LogP contribution in [0.5, 0.6) is 0 Å². The standard InChI is InChI=1S/C29H28ClN3O2/c1-28(2,3)33(27(34)35)29(15-7-16-29)21-12-10-20(11-13-21)25-22(19-8-5-4-6-9-19)18-23-24(32-25)14-17-31-26(23)30/h4-6,8-14,17-18H,7,15-16H2,1-3H3,(H,34,35). The highest BCUT2D eigenvalue weighted by molar-refractivity contribution is 6.34. The number of halogens is 1. The lowest BCUT2D eigenvalue weighted by atomic mass is 9.69. The number of hydrogen-bond acceptors (Lipinski definition) is 3. The summed E-state index contributed by atoms with van der Waals surface area (Å²) in [5.74, 6) is 0. The molecule has 5 nitrogen and oxygen atoms in total. The second kappa shape index (κ2) is 8.65. The zero-order valence-electron chi connectivity index (χ0n) is 20.1. The number of benzene rings is 2. The van der Waals surface area contributed by atoms with E-state index in [1.165, 1.54) is 0 Å². The van der Waals surface area contributed by atoms with Gasteiger partial charge in [-0.25, -0.2) is 14.8 Å². The van der Waals surface area contributed by atoms with Crippen molar-refractivity contribution < 1.29 is 9.90 Å². The molecule has 1 amide bonds. The number of carbonyl (C=O) groups is 1. The molecule has 0 saturated heterocycles. The number of nitrogens with zero attached hydrogens (tertiary/aromatic N) is 3. The van der Waals surface area contributed by atoms with E-state index in [0.29, 0.717) is 5.15 Å². The van der Waals surface area contributed by atoms with Crippen LogP contribution in [0.4, 0.5) is 4.79 Å². The van der Waals surface area contributed by atoms with E-state index >= 15 is 0 Å². The summed E-state index contributed by atoms with van der Waals surface area (Å²) in [5, 5.41) is 11.3. The summed E-state index contributed by atoms with van der Waals surface area (Å²) in [5.41, 5.74) is 4.64. The summed E-state index contributed by atoms with van der Waals surface area (Å²) in [6.45, 7) is 5.88. The highest BCUT2D eigenvalue weighted by atomic mass is 35.5. The maximum Gasteiger partial charge on any atom is 0.408 e.